The van der Waals surface area contributed by atoms with Gasteiger partial charge in [0.25, 0.3) is 0 Å². The number of hydrogen-bond donors (Lipinski definition) is 0. The Labute approximate surface area is 548 Å². The average molecular weight is 1240 g/mol. The number of hydrogen-bond acceptors (Lipinski definition) is 8. The van der Waals surface area contributed by atoms with E-state index in [1.54, 1.807) is 0 Å². The van der Waals surface area contributed by atoms with Crippen LogP contribution in [0.15, 0.2) is 134 Å². The molecule has 0 heterocycles. The highest BCUT2D eigenvalue weighted by molar-refractivity contribution is 5.70. The molecule has 0 N–H and O–H groups in total. The van der Waals surface area contributed by atoms with Crippen molar-refractivity contribution in [3.63, 3.8) is 0 Å². The first-order valence-corrected chi connectivity index (χ1v) is 36.3. The van der Waals surface area contributed by atoms with Crippen LogP contribution in [0.25, 0.3) is 0 Å². The number of nitrogens with zero attached hydrogens (tertiary/aromatic N) is 1. The lowest BCUT2D eigenvalue weighted by atomic mass is 10.0. The summed E-state index contributed by atoms with van der Waals surface area (Å²) in [4.78, 5) is 37.5. The van der Waals surface area contributed by atoms with E-state index in [0.29, 0.717) is 23.9 Å². The van der Waals surface area contributed by atoms with Crippen molar-refractivity contribution >= 4 is 17.9 Å². The summed E-state index contributed by atoms with van der Waals surface area (Å²) in [6.07, 6.45) is 97.0. The number of aliphatic carboxylic acids is 1. The molecule has 89 heavy (non-hydrogen) atoms. The minimum atomic E-state index is -1.65. The molecule has 0 aromatic heterocycles. The summed E-state index contributed by atoms with van der Waals surface area (Å²) in [6.45, 7) is 4.57. The van der Waals surface area contributed by atoms with E-state index in [4.69, 9.17) is 18.9 Å². The Morgan fingerprint density at radius 2 is 0.652 bits per heavy atom. The third-order valence-electron chi connectivity index (χ3n) is 15.4. The Bertz CT molecular complexity index is 1930. The maximum Gasteiger partial charge on any atom is 0.306 e. The number of unbranched alkanes of at least 4 members (excludes halogenated alkanes) is 29. The molecule has 0 saturated carbocycles. The Morgan fingerprint density at radius 1 is 0.348 bits per heavy atom. The van der Waals surface area contributed by atoms with Crippen molar-refractivity contribution in [3.8, 4) is 0 Å². The van der Waals surface area contributed by atoms with Crippen molar-refractivity contribution in [2.75, 3.05) is 47.5 Å². The van der Waals surface area contributed by atoms with E-state index in [9.17, 15) is 19.5 Å². The number of carboxylic acid groups (broad SMARTS) is 1. The van der Waals surface area contributed by atoms with E-state index in [0.717, 1.165) is 83.5 Å². The minimum absolute atomic E-state index is 0.131. The van der Waals surface area contributed by atoms with Gasteiger partial charge in [0.1, 0.15) is 13.2 Å². The molecule has 2 unspecified atom stereocenters. The van der Waals surface area contributed by atoms with Crippen molar-refractivity contribution in [2.45, 2.75) is 309 Å². The van der Waals surface area contributed by atoms with Crippen LogP contribution in [0.5, 0.6) is 0 Å². The summed E-state index contributed by atoms with van der Waals surface area (Å²) in [5.74, 6) is -2.37. The van der Waals surface area contributed by atoms with Crippen molar-refractivity contribution in [2.24, 2.45) is 0 Å². The molecule has 0 aromatic rings. The van der Waals surface area contributed by atoms with Gasteiger partial charge in [0, 0.05) is 12.8 Å². The fourth-order valence-electron chi connectivity index (χ4n) is 9.86. The predicted octanol–water partition coefficient (Wildman–Crippen LogP) is 21.6. The highest BCUT2D eigenvalue weighted by Gasteiger charge is 2.22. The number of allylic oxidation sites excluding steroid dienone is 22. The van der Waals surface area contributed by atoms with Crippen LogP contribution in [0.4, 0.5) is 0 Å². The molecule has 0 aliphatic carbocycles. The van der Waals surface area contributed by atoms with Gasteiger partial charge in [-0.3, -0.25) is 9.59 Å². The number of rotatable bonds is 66. The molecule has 0 radical (unpaired) electrons. The molecule has 0 aliphatic heterocycles. The highest BCUT2D eigenvalue weighted by atomic mass is 16.7. The largest absolute Gasteiger partial charge is 0.545 e. The van der Waals surface area contributed by atoms with Gasteiger partial charge >= 0.3 is 11.9 Å². The molecule has 508 valence electrons. The van der Waals surface area contributed by atoms with Crippen LogP contribution in [-0.2, 0) is 33.3 Å². The number of ether oxygens (including phenoxy) is 4. The predicted molar refractivity (Wildman–Crippen MR) is 379 cm³/mol. The summed E-state index contributed by atoms with van der Waals surface area (Å²) in [6, 6.07) is 0. The lowest BCUT2D eigenvalue weighted by Crippen LogP contribution is -2.44. The number of carbonyl (C=O) groups is 3. The minimum Gasteiger partial charge on any atom is -0.545 e. The van der Waals surface area contributed by atoms with Crippen molar-refractivity contribution < 1.29 is 42.9 Å². The van der Waals surface area contributed by atoms with Crippen LogP contribution in [0.2, 0.25) is 0 Å². The van der Waals surface area contributed by atoms with Crippen LogP contribution >= 0.6 is 0 Å². The third-order valence-corrected chi connectivity index (χ3v) is 15.4. The molecule has 9 heteroatoms. The molecular weight excluding hydrogens is 1100 g/mol. The van der Waals surface area contributed by atoms with E-state index in [2.05, 4.69) is 148 Å². The topological polar surface area (TPSA) is 111 Å². The second kappa shape index (κ2) is 69.3. The second-order valence-electron chi connectivity index (χ2n) is 25.1. The zero-order valence-corrected chi connectivity index (χ0v) is 58.0. The second-order valence-corrected chi connectivity index (χ2v) is 25.1. The van der Waals surface area contributed by atoms with Gasteiger partial charge in [-0.25, -0.2) is 0 Å². The zero-order chi connectivity index (χ0) is 64.7. The standard InChI is InChI=1S/C80H135NO8/c1-6-8-10-12-14-16-18-20-22-24-26-28-30-32-34-36-37-38-39-40-41-43-44-46-48-50-52-54-56-58-60-62-64-66-68-70-77(82)87-74-76(75-88-80(79(84)85)86-73-72-81(3,4)5)89-78(83)71-69-67-65-63-61-59-57-55-53-51-49-47-45-42-35-33-31-29-27-25-23-21-19-17-15-13-11-9-7-2/h9,11,15,17-18,20-21,23-24,26-27,29,33,35,45,47,51,53,57,59,63,65,76,80H,6-8,10,12-14,16,19,22,25,28,30-32,34,36-44,46,48-50,52,54-56,58,60-62,64,66-75H2,1-5H3/b11-9-,17-15-,20-18-,23-21-,26-24-,29-27-,35-33-,47-45-,53-51-,59-57-,65-63-. The Hall–Kier alpha value is -4.57. The zero-order valence-electron chi connectivity index (χ0n) is 58.0. The van der Waals surface area contributed by atoms with Gasteiger partial charge < -0.3 is 33.3 Å². The number of carbonyl (C=O) groups excluding carboxylic acids is 3. The van der Waals surface area contributed by atoms with Crippen LogP contribution < -0.4 is 5.11 Å². The maximum atomic E-state index is 12.9. The molecule has 0 rings (SSSR count). The highest BCUT2D eigenvalue weighted by Crippen LogP contribution is 2.17. The number of carboxylic acids is 1. The van der Waals surface area contributed by atoms with E-state index in [-0.39, 0.29) is 38.6 Å². The Morgan fingerprint density at radius 3 is 0.989 bits per heavy atom. The van der Waals surface area contributed by atoms with Crippen LogP contribution in [0.3, 0.4) is 0 Å². The van der Waals surface area contributed by atoms with Crippen molar-refractivity contribution in [1.29, 1.82) is 0 Å². The fourth-order valence-corrected chi connectivity index (χ4v) is 9.86. The lowest BCUT2D eigenvalue weighted by Gasteiger charge is -2.26. The third kappa shape index (κ3) is 70.7. The van der Waals surface area contributed by atoms with E-state index < -0.39 is 24.3 Å². The van der Waals surface area contributed by atoms with E-state index in [1.807, 2.05) is 21.1 Å². The summed E-state index contributed by atoms with van der Waals surface area (Å²) in [5.41, 5.74) is 0. The maximum absolute atomic E-state index is 12.9. The van der Waals surface area contributed by atoms with Crippen molar-refractivity contribution in [1.82, 2.24) is 0 Å². The van der Waals surface area contributed by atoms with Gasteiger partial charge in [0.15, 0.2) is 12.4 Å². The Kier molecular flexibility index (Phi) is 65.8. The Balaban J connectivity index is 4.17. The normalized spacial score (nSPS) is 13.5. The summed E-state index contributed by atoms with van der Waals surface area (Å²) in [5, 5.41) is 11.8. The monoisotopic (exact) mass is 1240 g/mol. The van der Waals surface area contributed by atoms with Gasteiger partial charge in [-0.2, -0.15) is 0 Å². The molecule has 9 nitrogen and oxygen atoms in total. The first-order chi connectivity index (χ1) is 43.6. The molecular formula is C80H135NO8. The lowest BCUT2D eigenvalue weighted by molar-refractivity contribution is -0.870. The molecule has 0 aromatic carbocycles. The number of quaternary nitrogens is 1. The molecule has 2 atom stereocenters. The molecule has 0 aliphatic rings. The number of esters is 2. The van der Waals surface area contributed by atoms with E-state index >= 15 is 0 Å². The quantitative estimate of drug-likeness (QED) is 0.0195. The molecule has 0 saturated heterocycles. The summed E-state index contributed by atoms with van der Waals surface area (Å²) < 4.78 is 22.7. The summed E-state index contributed by atoms with van der Waals surface area (Å²) in [7, 11) is 5.91. The molecule has 0 bridgehead atoms. The first-order valence-electron chi connectivity index (χ1n) is 36.3. The van der Waals surface area contributed by atoms with E-state index in [1.165, 1.54) is 173 Å². The van der Waals surface area contributed by atoms with Crippen LogP contribution in [-0.4, -0.2) is 82.3 Å². The SMILES string of the molecule is CC/C=C\C/C=C\C/C=C\C/C=C\C/C=C\C/C=C\C/C=C\C/C=C\C/C=C\CCCC(=O)OC(COC(=O)CCCCCCCCCCCCCCCCCCCCCCCCC/C=C\C/C=C\CCCCCCC)COC(OCC[N+](C)(C)C)C(=O)[O-]. The van der Waals surface area contributed by atoms with Crippen molar-refractivity contribution in [3.05, 3.63) is 134 Å². The first kappa shape index (κ1) is 84.4. The molecule has 0 amide bonds. The summed E-state index contributed by atoms with van der Waals surface area (Å²) >= 11 is 0. The van der Waals surface area contributed by atoms with Crippen LogP contribution in [0, 0.1) is 0 Å². The number of likely N-dealkylation sites (N-methyl/N-ethyl adjacent to an activating group) is 1. The molecule has 0 fully saturated rings. The van der Waals surface area contributed by atoms with Gasteiger partial charge in [0.05, 0.1) is 40.3 Å². The smallest absolute Gasteiger partial charge is 0.306 e. The average Bonchev–Trinajstić information content (AvgIpc) is 3.71. The van der Waals surface area contributed by atoms with Gasteiger partial charge in [-0.05, 0) is 109 Å². The van der Waals surface area contributed by atoms with Gasteiger partial charge in [-0.1, -0.05) is 308 Å². The van der Waals surface area contributed by atoms with Crippen LogP contribution in [0.1, 0.15) is 296 Å². The fraction of sp³-hybridized carbons (Fsp3) is 0.688. The van der Waals surface area contributed by atoms with Gasteiger partial charge in [-0.15, -0.1) is 0 Å². The van der Waals surface area contributed by atoms with Gasteiger partial charge in [0.2, 0.25) is 0 Å². The molecule has 0 spiro atoms.